The first kappa shape index (κ1) is 13.1. The topological polar surface area (TPSA) is 24.9 Å². The maximum atomic E-state index is 4.00. The van der Waals surface area contributed by atoms with E-state index < -0.39 is 0 Å². The minimum Gasteiger partial charge on any atom is -0.311 e. The van der Waals surface area contributed by atoms with Crippen LogP contribution in [0.15, 0.2) is 45.3 Å². The Morgan fingerprint density at radius 3 is 2.88 bits per heavy atom. The van der Waals surface area contributed by atoms with Gasteiger partial charge >= 0.3 is 0 Å². The standard InChI is InChI=1S/C12H13BrN2S2/c13-10-7-12(17-9-10)8-15-5-6-16-11-1-3-14-4-2-11/h1-4,7,9,15H,5-6,8H2. The summed E-state index contributed by atoms with van der Waals surface area (Å²) >= 11 is 7.09. The number of hydrogen-bond donors (Lipinski definition) is 1. The Morgan fingerprint density at radius 2 is 2.18 bits per heavy atom. The van der Waals surface area contributed by atoms with Crippen LogP contribution >= 0.6 is 39.0 Å². The lowest BCUT2D eigenvalue weighted by Gasteiger charge is -2.03. The second-order valence-corrected chi connectivity index (χ2v) is 6.52. The molecular formula is C12H13BrN2S2. The van der Waals surface area contributed by atoms with Crippen molar-refractivity contribution in [3.8, 4) is 0 Å². The molecular weight excluding hydrogens is 316 g/mol. The highest BCUT2D eigenvalue weighted by Gasteiger charge is 1.97. The van der Waals surface area contributed by atoms with Gasteiger partial charge in [0.15, 0.2) is 0 Å². The molecule has 0 aliphatic rings. The Kier molecular flexibility index (Phi) is 5.51. The molecule has 0 radical (unpaired) electrons. The highest BCUT2D eigenvalue weighted by Crippen LogP contribution is 2.19. The van der Waals surface area contributed by atoms with E-state index in [1.165, 1.54) is 14.2 Å². The van der Waals surface area contributed by atoms with E-state index >= 15 is 0 Å². The van der Waals surface area contributed by atoms with E-state index in [4.69, 9.17) is 0 Å². The van der Waals surface area contributed by atoms with E-state index in [-0.39, 0.29) is 0 Å². The summed E-state index contributed by atoms with van der Waals surface area (Å²) < 4.78 is 1.17. The minimum absolute atomic E-state index is 0.952. The van der Waals surface area contributed by atoms with Crippen molar-refractivity contribution < 1.29 is 0 Å². The van der Waals surface area contributed by atoms with Crippen molar-refractivity contribution in [3.63, 3.8) is 0 Å². The number of pyridine rings is 1. The third-order valence-corrected chi connectivity index (χ3v) is 4.83. The number of aromatic nitrogens is 1. The van der Waals surface area contributed by atoms with Crippen LogP contribution < -0.4 is 5.32 Å². The van der Waals surface area contributed by atoms with Crippen LogP contribution in [0.2, 0.25) is 0 Å². The SMILES string of the molecule is Brc1csc(CNCCSc2ccncc2)c1. The van der Waals surface area contributed by atoms with Crippen LogP contribution in [-0.4, -0.2) is 17.3 Å². The van der Waals surface area contributed by atoms with Crippen LogP contribution in [0.5, 0.6) is 0 Å². The highest BCUT2D eigenvalue weighted by molar-refractivity contribution is 9.10. The molecule has 0 bridgehead atoms. The number of rotatable bonds is 6. The molecule has 2 rings (SSSR count). The zero-order chi connectivity index (χ0) is 11.9. The fourth-order valence-corrected chi connectivity index (χ4v) is 3.55. The molecule has 1 N–H and O–H groups in total. The maximum Gasteiger partial charge on any atom is 0.0300 e. The lowest BCUT2D eigenvalue weighted by atomic mass is 10.4. The van der Waals surface area contributed by atoms with Gasteiger partial charge in [0, 0.05) is 50.9 Å². The van der Waals surface area contributed by atoms with Gasteiger partial charge in [0.25, 0.3) is 0 Å². The van der Waals surface area contributed by atoms with Crippen molar-refractivity contribution in [2.45, 2.75) is 11.4 Å². The summed E-state index contributed by atoms with van der Waals surface area (Å²) in [6.07, 6.45) is 3.66. The molecule has 0 spiro atoms. The molecule has 0 unspecified atom stereocenters. The van der Waals surface area contributed by atoms with E-state index in [1.807, 2.05) is 36.3 Å². The molecule has 2 aromatic rings. The summed E-state index contributed by atoms with van der Waals surface area (Å²) in [5, 5.41) is 5.55. The first-order valence-electron chi connectivity index (χ1n) is 5.31. The molecule has 0 saturated heterocycles. The van der Waals surface area contributed by atoms with Gasteiger partial charge in [0.1, 0.15) is 0 Å². The number of thiophene rings is 1. The van der Waals surface area contributed by atoms with E-state index in [2.05, 4.69) is 37.7 Å². The maximum absolute atomic E-state index is 4.00. The molecule has 2 nitrogen and oxygen atoms in total. The van der Waals surface area contributed by atoms with E-state index in [0.717, 1.165) is 18.8 Å². The van der Waals surface area contributed by atoms with Crippen LogP contribution in [0.1, 0.15) is 4.88 Å². The van der Waals surface area contributed by atoms with Crippen LogP contribution in [0, 0.1) is 0 Å². The van der Waals surface area contributed by atoms with Gasteiger partial charge < -0.3 is 5.32 Å². The van der Waals surface area contributed by atoms with Gasteiger partial charge in [0.2, 0.25) is 0 Å². The van der Waals surface area contributed by atoms with E-state index in [0.29, 0.717) is 0 Å². The van der Waals surface area contributed by atoms with Crippen molar-refractivity contribution in [2.24, 2.45) is 0 Å². The summed E-state index contributed by atoms with van der Waals surface area (Å²) in [5.41, 5.74) is 0. The average Bonchev–Trinajstić information content (AvgIpc) is 2.76. The van der Waals surface area contributed by atoms with Crippen LogP contribution in [0.3, 0.4) is 0 Å². The summed E-state index contributed by atoms with van der Waals surface area (Å²) in [5.74, 6) is 1.08. The molecule has 0 aromatic carbocycles. The summed E-state index contributed by atoms with van der Waals surface area (Å²) in [4.78, 5) is 6.64. The Hall–Kier alpha value is -0.360. The Bertz CT molecular complexity index is 445. The summed E-state index contributed by atoms with van der Waals surface area (Å²) in [6, 6.07) is 6.25. The van der Waals surface area contributed by atoms with Gasteiger partial charge in [-0.3, -0.25) is 4.98 Å². The quantitative estimate of drug-likeness (QED) is 0.645. The van der Waals surface area contributed by atoms with Crippen molar-refractivity contribution >= 4 is 39.0 Å². The zero-order valence-corrected chi connectivity index (χ0v) is 12.4. The molecule has 0 aliphatic heterocycles. The minimum atomic E-state index is 0.952. The molecule has 0 fully saturated rings. The third kappa shape index (κ3) is 4.79. The summed E-state index contributed by atoms with van der Waals surface area (Å²) in [7, 11) is 0. The average molecular weight is 329 g/mol. The molecule has 0 atom stereocenters. The molecule has 2 heterocycles. The Balaban J connectivity index is 1.61. The fourth-order valence-electron chi connectivity index (χ4n) is 1.33. The molecule has 2 aromatic heterocycles. The number of halogens is 1. The number of thioether (sulfide) groups is 1. The lowest BCUT2D eigenvalue weighted by molar-refractivity contribution is 0.741. The highest BCUT2D eigenvalue weighted by atomic mass is 79.9. The second-order valence-electron chi connectivity index (χ2n) is 3.44. The number of nitrogens with one attached hydrogen (secondary N) is 1. The fraction of sp³-hybridized carbons (Fsp3) is 0.250. The van der Waals surface area contributed by atoms with Gasteiger partial charge in [-0.05, 0) is 34.1 Å². The molecule has 0 amide bonds. The predicted molar refractivity (Wildman–Crippen MR) is 78.7 cm³/mol. The van der Waals surface area contributed by atoms with Crippen molar-refractivity contribution in [3.05, 3.63) is 45.3 Å². The Morgan fingerprint density at radius 1 is 1.35 bits per heavy atom. The molecule has 17 heavy (non-hydrogen) atoms. The Labute approximate surface area is 118 Å². The van der Waals surface area contributed by atoms with Gasteiger partial charge in [0.05, 0.1) is 0 Å². The third-order valence-electron chi connectivity index (χ3n) is 2.12. The number of nitrogens with zero attached hydrogens (tertiary/aromatic N) is 1. The van der Waals surface area contributed by atoms with Crippen LogP contribution in [-0.2, 0) is 6.54 Å². The predicted octanol–water partition coefficient (Wildman–Crippen LogP) is 3.79. The second kappa shape index (κ2) is 7.16. The van der Waals surface area contributed by atoms with E-state index in [9.17, 15) is 0 Å². The first-order chi connectivity index (χ1) is 8.34. The zero-order valence-electron chi connectivity index (χ0n) is 9.23. The van der Waals surface area contributed by atoms with E-state index in [1.54, 1.807) is 11.3 Å². The van der Waals surface area contributed by atoms with Gasteiger partial charge in [-0.2, -0.15) is 0 Å². The van der Waals surface area contributed by atoms with Gasteiger partial charge in [-0.25, -0.2) is 0 Å². The molecule has 90 valence electrons. The lowest BCUT2D eigenvalue weighted by Crippen LogP contribution is -2.15. The summed E-state index contributed by atoms with van der Waals surface area (Å²) in [6.45, 7) is 1.97. The molecule has 0 saturated carbocycles. The number of hydrogen-bond acceptors (Lipinski definition) is 4. The first-order valence-corrected chi connectivity index (χ1v) is 7.97. The monoisotopic (exact) mass is 328 g/mol. The molecule has 5 heteroatoms. The van der Waals surface area contributed by atoms with Crippen molar-refractivity contribution in [1.29, 1.82) is 0 Å². The van der Waals surface area contributed by atoms with Crippen LogP contribution in [0.25, 0.3) is 0 Å². The van der Waals surface area contributed by atoms with Gasteiger partial charge in [-0.1, -0.05) is 0 Å². The van der Waals surface area contributed by atoms with Crippen molar-refractivity contribution in [1.82, 2.24) is 10.3 Å². The smallest absolute Gasteiger partial charge is 0.0300 e. The van der Waals surface area contributed by atoms with Crippen LogP contribution in [0.4, 0.5) is 0 Å². The van der Waals surface area contributed by atoms with Crippen molar-refractivity contribution in [2.75, 3.05) is 12.3 Å². The largest absolute Gasteiger partial charge is 0.311 e. The van der Waals surface area contributed by atoms with Gasteiger partial charge in [-0.15, -0.1) is 23.1 Å². The normalized spacial score (nSPS) is 10.6. The molecule has 0 aliphatic carbocycles.